The highest BCUT2D eigenvalue weighted by atomic mass is 31.1. The Balaban J connectivity index is 2.02. The van der Waals surface area contributed by atoms with Crippen molar-refractivity contribution in [3.05, 3.63) is 67.5 Å². The predicted octanol–water partition coefficient (Wildman–Crippen LogP) is 3.16. The molecule has 0 radical (unpaired) electrons. The molecule has 2 heterocycles. The second kappa shape index (κ2) is 11.0. The van der Waals surface area contributed by atoms with Crippen LogP contribution in [0.4, 0.5) is 26.3 Å². The molecule has 17 heteroatoms. The normalized spacial score (nSPS) is 19.1. The number of amides is 1. The fraction of sp³-hybridized carbons (Fsp3) is 0.476. The Morgan fingerprint density at radius 1 is 1.11 bits per heavy atom. The summed E-state index contributed by atoms with van der Waals surface area (Å²) in [5, 5.41) is 0. The van der Waals surface area contributed by atoms with Gasteiger partial charge < -0.3 is 9.64 Å². The number of morpholine rings is 1. The smallest absolute Gasteiger partial charge is 0.348 e. The Morgan fingerprint density at radius 3 is 2.21 bits per heavy atom. The lowest BCUT2D eigenvalue weighted by atomic mass is 10.0. The topological polar surface area (TPSA) is 114 Å². The van der Waals surface area contributed by atoms with Crippen LogP contribution in [0.15, 0.2) is 34.0 Å². The van der Waals surface area contributed by atoms with Gasteiger partial charge in [0.15, 0.2) is 6.23 Å². The molecule has 1 aliphatic rings. The van der Waals surface area contributed by atoms with Gasteiger partial charge in [0.05, 0.1) is 17.7 Å². The molecular formula is C21H22F6N4O6P+. The highest BCUT2D eigenvalue weighted by molar-refractivity contribution is 7.36. The summed E-state index contributed by atoms with van der Waals surface area (Å²) in [6, 6.07) is 0.496. The van der Waals surface area contributed by atoms with E-state index < -0.39 is 79.9 Å². The molecule has 0 spiro atoms. The standard InChI is InChI=1S/C21H21F6N4O6P/c1-11-7-31(19(34)28-17(11)32)16-9-30(8-15(37-16)10-36-38(35)29(2)3)18(33)12-4-13(20(22,23)24)6-14(5-12)21(25,26)27/h4-7,15-16H,8-10H2,1-3H3/p+1/t15?,16-/m1/s1. The van der Waals surface area contributed by atoms with E-state index in [0.29, 0.717) is 12.1 Å². The Morgan fingerprint density at radius 2 is 1.68 bits per heavy atom. The molecule has 0 bridgehead atoms. The van der Waals surface area contributed by atoms with Crippen molar-refractivity contribution in [3.8, 4) is 0 Å². The SMILES string of the molecule is Cc1cn([C@H]2CN(C(=O)c3cc(C(F)(F)F)cc(C(F)(F)F)c3)CC(CO[P+](=O)N(C)C)O2)c(=O)[nH]c1=O. The van der Waals surface area contributed by atoms with E-state index in [4.69, 9.17) is 9.26 Å². The molecule has 208 valence electrons. The number of carbonyl (C=O) groups is 1. The first-order valence-corrected chi connectivity index (χ1v) is 11.9. The van der Waals surface area contributed by atoms with E-state index in [-0.39, 0.29) is 18.2 Å². The number of rotatable bonds is 6. The first kappa shape index (κ1) is 29.5. The van der Waals surface area contributed by atoms with Gasteiger partial charge >= 0.3 is 26.2 Å². The Bertz CT molecular complexity index is 1310. The summed E-state index contributed by atoms with van der Waals surface area (Å²) >= 11 is 0. The molecular weight excluding hydrogens is 549 g/mol. The zero-order valence-electron chi connectivity index (χ0n) is 20.1. The molecule has 2 aromatic rings. The third-order valence-electron chi connectivity index (χ3n) is 5.43. The van der Waals surface area contributed by atoms with E-state index in [0.717, 1.165) is 15.7 Å². The van der Waals surface area contributed by atoms with Crippen LogP contribution in [0.1, 0.15) is 33.3 Å². The molecule has 38 heavy (non-hydrogen) atoms. The van der Waals surface area contributed by atoms with E-state index in [1.165, 1.54) is 25.7 Å². The second-order valence-electron chi connectivity index (χ2n) is 8.58. The summed E-state index contributed by atoms with van der Waals surface area (Å²) in [6.45, 7) is 0.129. The first-order chi connectivity index (χ1) is 17.5. The van der Waals surface area contributed by atoms with Crippen molar-refractivity contribution in [1.82, 2.24) is 19.1 Å². The quantitative estimate of drug-likeness (QED) is 0.419. The van der Waals surface area contributed by atoms with Crippen molar-refractivity contribution < 1.29 is 45.0 Å². The van der Waals surface area contributed by atoms with E-state index >= 15 is 0 Å². The summed E-state index contributed by atoms with van der Waals surface area (Å²) in [5.74, 6) is -1.20. The molecule has 0 saturated carbocycles. The zero-order valence-corrected chi connectivity index (χ0v) is 21.0. The van der Waals surface area contributed by atoms with Gasteiger partial charge in [-0.3, -0.25) is 19.1 Å². The van der Waals surface area contributed by atoms with Crippen molar-refractivity contribution in [2.24, 2.45) is 0 Å². The van der Waals surface area contributed by atoms with Gasteiger partial charge in [-0.25, -0.2) is 4.79 Å². The number of carbonyl (C=O) groups excluding carboxylic acids is 1. The average molecular weight is 571 g/mol. The van der Waals surface area contributed by atoms with E-state index in [2.05, 4.69) is 0 Å². The molecule has 2 unspecified atom stereocenters. The van der Waals surface area contributed by atoms with Crippen molar-refractivity contribution in [3.63, 3.8) is 0 Å². The molecule has 1 aromatic heterocycles. The van der Waals surface area contributed by atoms with Crippen LogP contribution in [-0.2, 0) is 26.2 Å². The summed E-state index contributed by atoms with van der Waals surface area (Å²) in [4.78, 5) is 40.3. The summed E-state index contributed by atoms with van der Waals surface area (Å²) in [5.41, 5.74) is -5.77. The van der Waals surface area contributed by atoms with Crippen LogP contribution in [-0.4, -0.2) is 64.9 Å². The lowest BCUT2D eigenvalue weighted by Gasteiger charge is -2.38. The summed E-state index contributed by atoms with van der Waals surface area (Å²) in [7, 11) is 0.581. The number of H-pyrrole nitrogens is 1. The predicted molar refractivity (Wildman–Crippen MR) is 120 cm³/mol. The van der Waals surface area contributed by atoms with Crippen molar-refractivity contribution in [1.29, 1.82) is 0 Å². The molecule has 1 fully saturated rings. The maximum Gasteiger partial charge on any atom is 0.615 e. The average Bonchev–Trinajstić information content (AvgIpc) is 2.82. The van der Waals surface area contributed by atoms with Crippen LogP contribution < -0.4 is 11.2 Å². The molecule has 1 N–H and O–H groups in total. The van der Waals surface area contributed by atoms with Gasteiger partial charge in [-0.1, -0.05) is 4.67 Å². The number of alkyl halides is 6. The molecule has 1 aliphatic heterocycles. The maximum atomic E-state index is 13.3. The minimum Gasteiger partial charge on any atom is -0.348 e. The number of hydrogen-bond donors (Lipinski definition) is 1. The molecule has 10 nitrogen and oxygen atoms in total. The maximum absolute atomic E-state index is 13.3. The minimum atomic E-state index is -5.17. The van der Waals surface area contributed by atoms with Crippen LogP contribution in [0, 0.1) is 6.92 Å². The monoisotopic (exact) mass is 571 g/mol. The number of nitrogens with zero attached hydrogens (tertiary/aromatic N) is 3. The van der Waals surface area contributed by atoms with Crippen molar-refractivity contribution in [2.45, 2.75) is 31.6 Å². The number of halogens is 6. The number of nitrogens with one attached hydrogen (secondary N) is 1. The minimum absolute atomic E-state index is 0.0906. The summed E-state index contributed by atoms with van der Waals surface area (Å²) < 4.78 is 105. The van der Waals surface area contributed by atoms with E-state index in [9.17, 15) is 45.3 Å². The van der Waals surface area contributed by atoms with E-state index in [1.54, 1.807) is 0 Å². The number of ether oxygens (including phenoxy) is 1. The number of benzene rings is 1. The first-order valence-electron chi connectivity index (χ1n) is 10.8. The van der Waals surface area contributed by atoms with Crippen LogP contribution in [0.2, 0.25) is 0 Å². The molecule has 3 rings (SSSR count). The van der Waals surface area contributed by atoms with Gasteiger partial charge in [0.25, 0.3) is 11.5 Å². The highest BCUT2D eigenvalue weighted by Gasteiger charge is 2.40. The zero-order chi connectivity index (χ0) is 28.6. The fourth-order valence-electron chi connectivity index (χ4n) is 3.55. The third kappa shape index (κ3) is 6.87. The van der Waals surface area contributed by atoms with Crippen molar-refractivity contribution >= 4 is 14.1 Å². The van der Waals surface area contributed by atoms with Gasteiger partial charge in [-0.15, -0.1) is 4.52 Å². The number of aromatic amines is 1. The Hall–Kier alpha value is -3.07. The van der Waals surface area contributed by atoms with E-state index in [1.807, 2.05) is 4.98 Å². The Kier molecular flexibility index (Phi) is 8.51. The molecule has 1 aromatic carbocycles. The van der Waals surface area contributed by atoms with Gasteiger partial charge in [0, 0.05) is 38.0 Å². The second-order valence-corrected chi connectivity index (χ2v) is 10.1. The molecule has 1 amide bonds. The lowest BCUT2D eigenvalue weighted by molar-refractivity contribution is -0.143. The van der Waals surface area contributed by atoms with Gasteiger partial charge in [0.1, 0.15) is 12.7 Å². The fourth-order valence-corrected chi connectivity index (χ4v) is 4.08. The summed E-state index contributed by atoms with van der Waals surface area (Å²) in [6.07, 6.45) is -11.6. The van der Waals surface area contributed by atoms with Crippen LogP contribution in [0.3, 0.4) is 0 Å². The highest BCUT2D eigenvalue weighted by Crippen LogP contribution is 2.37. The Labute approximate surface area is 211 Å². The largest absolute Gasteiger partial charge is 0.615 e. The van der Waals surface area contributed by atoms with Crippen LogP contribution in [0.25, 0.3) is 0 Å². The lowest BCUT2D eigenvalue weighted by Crippen LogP contribution is -2.51. The molecule has 1 saturated heterocycles. The van der Waals surface area contributed by atoms with Crippen LogP contribution >= 0.6 is 8.18 Å². The van der Waals surface area contributed by atoms with Gasteiger partial charge in [0.2, 0.25) is 0 Å². The number of hydrogen-bond acceptors (Lipinski definition) is 6. The number of aromatic nitrogens is 2. The molecule has 0 aliphatic carbocycles. The van der Waals surface area contributed by atoms with Gasteiger partial charge in [-0.05, 0) is 29.7 Å². The third-order valence-corrected chi connectivity index (χ3v) is 6.45. The van der Waals surface area contributed by atoms with Crippen molar-refractivity contribution in [2.75, 3.05) is 33.8 Å². The number of aryl methyl sites for hydroxylation is 1. The van der Waals surface area contributed by atoms with Gasteiger partial charge in [-0.2, -0.15) is 26.3 Å². The molecule has 3 atom stereocenters. The van der Waals surface area contributed by atoms with Crippen LogP contribution in [0.5, 0.6) is 0 Å².